The minimum Gasteiger partial charge on any atom is -0.371 e. The third-order valence-corrected chi connectivity index (χ3v) is 3.62. The van der Waals surface area contributed by atoms with Crippen LogP contribution < -0.4 is 5.32 Å². The topological polar surface area (TPSA) is 24.5 Å². The Labute approximate surface area is 113 Å². The molecule has 6 heteroatoms. The first-order valence-corrected chi connectivity index (χ1v) is 6.91. The zero-order valence-electron chi connectivity index (χ0n) is 12.0. The summed E-state index contributed by atoms with van der Waals surface area (Å²) >= 11 is 0. The molecule has 114 valence electrons. The van der Waals surface area contributed by atoms with Crippen molar-refractivity contribution in [2.24, 2.45) is 5.92 Å². The molecule has 0 aromatic rings. The molecule has 0 aliphatic carbocycles. The van der Waals surface area contributed by atoms with Gasteiger partial charge in [-0.25, -0.2) is 0 Å². The van der Waals surface area contributed by atoms with Crippen LogP contribution in [0.25, 0.3) is 0 Å². The van der Waals surface area contributed by atoms with Crippen LogP contribution in [0.2, 0.25) is 0 Å². The van der Waals surface area contributed by atoms with Crippen molar-refractivity contribution in [3.05, 3.63) is 0 Å². The van der Waals surface area contributed by atoms with Gasteiger partial charge in [0.1, 0.15) is 6.61 Å². The summed E-state index contributed by atoms with van der Waals surface area (Å²) in [5, 5.41) is 3.49. The maximum Gasteiger partial charge on any atom is 0.411 e. The van der Waals surface area contributed by atoms with Crippen molar-refractivity contribution >= 4 is 0 Å². The van der Waals surface area contributed by atoms with E-state index in [1.807, 2.05) is 0 Å². The van der Waals surface area contributed by atoms with E-state index in [4.69, 9.17) is 4.74 Å². The lowest BCUT2D eigenvalue weighted by atomic mass is 10.0. The number of nitrogens with zero attached hydrogens (tertiary/aromatic N) is 1. The Balaban J connectivity index is 2.36. The zero-order chi connectivity index (χ0) is 14.5. The van der Waals surface area contributed by atoms with E-state index in [1.165, 1.54) is 0 Å². The first-order chi connectivity index (χ1) is 8.79. The Morgan fingerprint density at radius 2 is 2.05 bits per heavy atom. The minimum absolute atomic E-state index is 0.134. The molecule has 1 N–H and O–H groups in total. The molecular weight excluding hydrogens is 257 g/mol. The molecule has 1 rings (SSSR count). The van der Waals surface area contributed by atoms with Crippen molar-refractivity contribution in [3.63, 3.8) is 0 Å². The largest absolute Gasteiger partial charge is 0.411 e. The zero-order valence-corrected chi connectivity index (χ0v) is 12.0. The molecule has 3 nitrogen and oxygen atoms in total. The van der Waals surface area contributed by atoms with Gasteiger partial charge in [0, 0.05) is 25.2 Å². The van der Waals surface area contributed by atoms with Crippen LogP contribution in [0.15, 0.2) is 0 Å². The molecule has 1 aliphatic heterocycles. The van der Waals surface area contributed by atoms with Gasteiger partial charge in [-0.2, -0.15) is 13.2 Å². The van der Waals surface area contributed by atoms with Crippen molar-refractivity contribution in [1.29, 1.82) is 0 Å². The van der Waals surface area contributed by atoms with Gasteiger partial charge in [0.25, 0.3) is 0 Å². The van der Waals surface area contributed by atoms with Crippen LogP contribution in [0.1, 0.15) is 27.2 Å². The molecule has 0 aromatic carbocycles. The second-order valence-electron chi connectivity index (χ2n) is 5.61. The predicted octanol–water partition coefficient (Wildman–Crippen LogP) is 2.27. The van der Waals surface area contributed by atoms with Gasteiger partial charge in [-0.1, -0.05) is 13.8 Å². The fourth-order valence-electron chi connectivity index (χ4n) is 2.29. The maximum absolute atomic E-state index is 12.0. The highest BCUT2D eigenvalue weighted by atomic mass is 19.4. The van der Waals surface area contributed by atoms with Gasteiger partial charge in [-0.15, -0.1) is 0 Å². The summed E-state index contributed by atoms with van der Waals surface area (Å²) in [5.41, 5.74) is 0. The van der Waals surface area contributed by atoms with Crippen LogP contribution in [0.3, 0.4) is 0 Å². The number of alkyl halides is 3. The first kappa shape index (κ1) is 16.7. The van der Waals surface area contributed by atoms with Crippen molar-refractivity contribution in [1.82, 2.24) is 10.2 Å². The summed E-state index contributed by atoms with van der Waals surface area (Å²) in [4.78, 5) is 2.22. The third-order valence-electron chi connectivity index (χ3n) is 3.62. The summed E-state index contributed by atoms with van der Waals surface area (Å²) < 4.78 is 40.6. The van der Waals surface area contributed by atoms with Crippen molar-refractivity contribution in [2.45, 2.75) is 45.5 Å². The Morgan fingerprint density at radius 1 is 1.37 bits per heavy atom. The van der Waals surface area contributed by atoms with Crippen molar-refractivity contribution in [3.8, 4) is 0 Å². The van der Waals surface area contributed by atoms with Crippen LogP contribution in [-0.4, -0.2) is 56.0 Å². The molecule has 1 fully saturated rings. The van der Waals surface area contributed by atoms with Gasteiger partial charge in [0.15, 0.2) is 0 Å². The SMILES string of the molecule is CC(C)C1CN(CCOCC(F)(F)F)C(C)CCN1. The summed E-state index contributed by atoms with van der Waals surface area (Å²) in [6.07, 6.45) is -3.21. The summed E-state index contributed by atoms with van der Waals surface area (Å²) in [6, 6.07) is 0.776. The number of ether oxygens (including phenoxy) is 1. The highest BCUT2D eigenvalue weighted by molar-refractivity contribution is 4.82. The van der Waals surface area contributed by atoms with Gasteiger partial charge in [0.05, 0.1) is 6.61 Å². The van der Waals surface area contributed by atoms with E-state index in [9.17, 15) is 13.2 Å². The van der Waals surface area contributed by atoms with Crippen LogP contribution >= 0.6 is 0 Å². The summed E-state index contributed by atoms with van der Waals surface area (Å²) in [5.74, 6) is 0.517. The molecule has 0 amide bonds. The monoisotopic (exact) mass is 282 g/mol. The Hall–Kier alpha value is -0.330. The van der Waals surface area contributed by atoms with Gasteiger partial charge < -0.3 is 10.1 Å². The maximum atomic E-state index is 12.0. The van der Waals surface area contributed by atoms with Crippen molar-refractivity contribution in [2.75, 3.05) is 32.8 Å². The number of hydrogen-bond donors (Lipinski definition) is 1. The lowest BCUT2D eigenvalue weighted by molar-refractivity contribution is -0.174. The average molecular weight is 282 g/mol. The molecule has 0 aromatic heterocycles. The molecule has 0 bridgehead atoms. The predicted molar refractivity (Wildman–Crippen MR) is 69.2 cm³/mol. The Kier molecular flexibility index (Phi) is 6.56. The fourth-order valence-corrected chi connectivity index (χ4v) is 2.29. The normalized spacial score (nSPS) is 26.7. The molecule has 2 unspecified atom stereocenters. The number of halogens is 3. The van der Waals surface area contributed by atoms with E-state index >= 15 is 0 Å². The lowest BCUT2D eigenvalue weighted by Gasteiger charge is -2.30. The molecule has 1 aliphatic rings. The van der Waals surface area contributed by atoms with E-state index < -0.39 is 12.8 Å². The van der Waals surface area contributed by atoms with E-state index in [1.54, 1.807) is 0 Å². The second kappa shape index (κ2) is 7.45. The van der Waals surface area contributed by atoms with Gasteiger partial charge in [-0.05, 0) is 25.8 Å². The molecule has 1 saturated heterocycles. The number of hydrogen-bond acceptors (Lipinski definition) is 3. The highest BCUT2D eigenvalue weighted by Gasteiger charge is 2.28. The fraction of sp³-hybridized carbons (Fsp3) is 1.00. The van der Waals surface area contributed by atoms with E-state index in [0.717, 1.165) is 19.5 Å². The smallest absolute Gasteiger partial charge is 0.371 e. The molecule has 0 spiro atoms. The van der Waals surface area contributed by atoms with Gasteiger partial charge >= 0.3 is 6.18 Å². The average Bonchev–Trinajstić information content (AvgIpc) is 2.46. The molecule has 19 heavy (non-hydrogen) atoms. The Bertz CT molecular complexity index is 259. The molecule has 0 radical (unpaired) electrons. The lowest BCUT2D eigenvalue weighted by Crippen LogP contribution is -2.44. The van der Waals surface area contributed by atoms with E-state index in [2.05, 4.69) is 31.0 Å². The molecule has 1 heterocycles. The summed E-state index contributed by atoms with van der Waals surface area (Å²) in [6.45, 7) is 7.81. The molecule has 2 atom stereocenters. The number of rotatable bonds is 5. The molecule has 0 saturated carbocycles. The van der Waals surface area contributed by atoms with E-state index in [-0.39, 0.29) is 6.61 Å². The standard InChI is InChI=1S/C13H25F3N2O/c1-10(2)12-8-18(11(3)4-5-17-12)6-7-19-9-13(14,15)16/h10-12,17H,4-9H2,1-3H3. The Morgan fingerprint density at radius 3 is 2.63 bits per heavy atom. The van der Waals surface area contributed by atoms with Gasteiger partial charge in [0.2, 0.25) is 0 Å². The highest BCUT2D eigenvalue weighted by Crippen LogP contribution is 2.15. The number of nitrogens with one attached hydrogen (secondary N) is 1. The first-order valence-electron chi connectivity index (χ1n) is 6.91. The second-order valence-corrected chi connectivity index (χ2v) is 5.61. The third kappa shape index (κ3) is 6.58. The quantitative estimate of drug-likeness (QED) is 0.783. The van der Waals surface area contributed by atoms with Gasteiger partial charge in [-0.3, -0.25) is 4.90 Å². The van der Waals surface area contributed by atoms with Crippen LogP contribution in [0.4, 0.5) is 13.2 Å². The van der Waals surface area contributed by atoms with Crippen LogP contribution in [0.5, 0.6) is 0 Å². The molecular formula is C13H25F3N2O. The van der Waals surface area contributed by atoms with Crippen LogP contribution in [-0.2, 0) is 4.74 Å². The van der Waals surface area contributed by atoms with Crippen LogP contribution in [0, 0.1) is 5.92 Å². The summed E-state index contributed by atoms with van der Waals surface area (Å²) in [7, 11) is 0. The minimum atomic E-state index is -4.23. The van der Waals surface area contributed by atoms with E-state index in [0.29, 0.717) is 24.5 Å². The van der Waals surface area contributed by atoms with Crippen molar-refractivity contribution < 1.29 is 17.9 Å².